The Kier molecular flexibility index (Phi) is 6.68. The first kappa shape index (κ1) is 21.7. The van der Waals surface area contributed by atoms with E-state index in [1.165, 1.54) is 50.5 Å². The van der Waals surface area contributed by atoms with Crippen molar-refractivity contribution in [3.8, 4) is 5.75 Å². The summed E-state index contributed by atoms with van der Waals surface area (Å²) in [5.74, 6) is -0.413. The Labute approximate surface area is 161 Å². The number of nitrogens with one attached hydrogen (secondary N) is 1. The molecule has 0 aliphatic heterocycles. The molecule has 0 spiro atoms. The van der Waals surface area contributed by atoms with Crippen molar-refractivity contribution >= 4 is 15.9 Å². The highest BCUT2D eigenvalue weighted by Crippen LogP contribution is 2.31. The summed E-state index contributed by atoms with van der Waals surface area (Å²) in [5, 5.41) is 2.55. The number of hydrogen-bond donors (Lipinski definition) is 1. The van der Waals surface area contributed by atoms with Crippen LogP contribution in [0.2, 0.25) is 0 Å². The number of ether oxygens (including phenoxy) is 1. The highest BCUT2D eigenvalue weighted by atomic mass is 32.2. The minimum atomic E-state index is -4.46. The van der Waals surface area contributed by atoms with Gasteiger partial charge in [-0.25, -0.2) is 12.7 Å². The lowest BCUT2D eigenvalue weighted by Crippen LogP contribution is -2.28. The van der Waals surface area contributed by atoms with Gasteiger partial charge in [0, 0.05) is 19.7 Å². The predicted octanol–water partition coefficient (Wildman–Crippen LogP) is 2.76. The summed E-state index contributed by atoms with van der Waals surface area (Å²) in [7, 11) is -0.777. The Balaban J connectivity index is 1.88. The smallest absolute Gasteiger partial charge is 0.416 e. The zero-order valence-electron chi connectivity index (χ0n) is 15.2. The number of carbonyl (C=O) groups is 1. The van der Waals surface area contributed by atoms with Gasteiger partial charge in [-0.15, -0.1) is 0 Å². The molecule has 0 saturated carbocycles. The van der Waals surface area contributed by atoms with Gasteiger partial charge >= 0.3 is 6.18 Å². The molecule has 0 aliphatic carbocycles. The van der Waals surface area contributed by atoms with E-state index in [1.54, 1.807) is 0 Å². The number of alkyl halides is 3. The molecule has 2 aromatic rings. The van der Waals surface area contributed by atoms with Crippen LogP contribution in [0.1, 0.15) is 15.9 Å². The van der Waals surface area contributed by atoms with Crippen LogP contribution in [-0.2, 0) is 16.2 Å². The van der Waals surface area contributed by atoms with Crippen LogP contribution in [0.4, 0.5) is 13.2 Å². The standard InChI is InChI=1S/C18H19F3N2O4S/c1-23(2)28(25,26)16-8-6-13(7-9-16)17(24)22-10-11-27-15-5-3-4-14(12-15)18(19,20)21/h3-9,12H,10-11H2,1-2H3,(H,22,24). The fourth-order valence-corrected chi connectivity index (χ4v) is 3.09. The van der Waals surface area contributed by atoms with Gasteiger partial charge < -0.3 is 10.1 Å². The molecule has 0 atom stereocenters. The molecule has 28 heavy (non-hydrogen) atoms. The molecule has 2 rings (SSSR count). The number of rotatable bonds is 7. The van der Waals surface area contributed by atoms with Crippen LogP contribution < -0.4 is 10.1 Å². The summed E-state index contributed by atoms with van der Waals surface area (Å²) in [5.41, 5.74) is -0.571. The van der Waals surface area contributed by atoms with E-state index in [0.29, 0.717) is 0 Å². The molecule has 0 heterocycles. The first-order chi connectivity index (χ1) is 13.0. The van der Waals surface area contributed by atoms with E-state index in [-0.39, 0.29) is 29.4 Å². The van der Waals surface area contributed by atoms with Gasteiger partial charge in [0.15, 0.2) is 0 Å². The number of amides is 1. The SMILES string of the molecule is CN(C)S(=O)(=O)c1ccc(C(=O)NCCOc2cccc(C(F)(F)F)c2)cc1. The monoisotopic (exact) mass is 416 g/mol. The van der Waals surface area contributed by atoms with E-state index in [2.05, 4.69) is 5.32 Å². The van der Waals surface area contributed by atoms with Crippen LogP contribution in [0.5, 0.6) is 5.75 Å². The topological polar surface area (TPSA) is 75.7 Å². The molecule has 0 bridgehead atoms. The van der Waals surface area contributed by atoms with Crippen molar-refractivity contribution in [3.05, 3.63) is 59.7 Å². The van der Waals surface area contributed by atoms with E-state index < -0.39 is 27.7 Å². The van der Waals surface area contributed by atoms with Gasteiger partial charge in [0.2, 0.25) is 10.0 Å². The lowest BCUT2D eigenvalue weighted by Gasteiger charge is -2.12. The number of sulfonamides is 1. The molecule has 10 heteroatoms. The van der Waals surface area contributed by atoms with Gasteiger partial charge in [-0.1, -0.05) is 6.07 Å². The molecule has 0 aromatic heterocycles. The van der Waals surface area contributed by atoms with Crippen molar-refractivity contribution in [2.45, 2.75) is 11.1 Å². The summed E-state index contributed by atoms with van der Waals surface area (Å²) in [6.45, 7) is 0.0347. The Hall–Kier alpha value is -2.59. The Bertz CT molecular complexity index is 927. The van der Waals surface area contributed by atoms with Gasteiger partial charge in [0.05, 0.1) is 17.0 Å². The third-order valence-corrected chi connectivity index (χ3v) is 5.54. The molecule has 6 nitrogen and oxygen atoms in total. The predicted molar refractivity (Wildman–Crippen MR) is 96.6 cm³/mol. The zero-order valence-corrected chi connectivity index (χ0v) is 16.0. The third-order valence-electron chi connectivity index (χ3n) is 3.71. The molecule has 2 aromatic carbocycles. The number of halogens is 3. The first-order valence-electron chi connectivity index (χ1n) is 8.12. The summed E-state index contributed by atoms with van der Waals surface area (Å²) < 4.78 is 68.2. The molecule has 152 valence electrons. The molecular formula is C18H19F3N2O4S. The fraction of sp³-hybridized carbons (Fsp3) is 0.278. The van der Waals surface area contributed by atoms with Gasteiger partial charge in [-0.2, -0.15) is 13.2 Å². The quantitative estimate of drug-likeness (QED) is 0.705. The van der Waals surface area contributed by atoms with Crippen LogP contribution in [0.15, 0.2) is 53.4 Å². The zero-order chi connectivity index (χ0) is 20.9. The minimum Gasteiger partial charge on any atom is -0.492 e. The molecule has 1 amide bonds. The first-order valence-corrected chi connectivity index (χ1v) is 9.56. The van der Waals surface area contributed by atoms with E-state index in [0.717, 1.165) is 16.4 Å². The highest BCUT2D eigenvalue weighted by Gasteiger charge is 2.30. The van der Waals surface area contributed by atoms with Crippen molar-refractivity contribution in [2.24, 2.45) is 0 Å². The fourth-order valence-electron chi connectivity index (χ4n) is 2.19. The maximum absolute atomic E-state index is 12.6. The minimum absolute atomic E-state index is 0.0276. The van der Waals surface area contributed by atoms with E-state index in [9.17, 15) is 26.4 Å². The van der Waals surface area contributed by atoms with Crippen LogP contribution >= 0.6 is 0 Å². The molecule has 0 radical (unpaired) electrons. The lowest BCUT2D eigenvalue weighted by molar-refractivity contribution is -0.137. The summed E-state index contributed by atoms with van der Waals surface area (Å²) in [6, 6.07) is 9.84. The number of benzene rings is 2. The van der Waals surface area contributed by atoms with Gasteiger partial charge in [-0.3, -0.25) is 4.79 Å². The van der Waals surface area contributed by atoms with E-state index in [1.807, 2.05) is 0 Å². The summed E-state index contributed by atoms with van der Waals surface area (Å²) in [4.78, 5) is 12.1. The summed E-state index contributed by atoms with van der Waals surface area (Å²) in [6.07, 6.45) is -4.46. The third kappa shape index (κ3) is 5.46. The molecule has 0 saturated heterocycles. The molecule has 0 unspecified atom stereocenters. The number of hydrogen-bond acceptors (Lipinski definition) is 4. The van der Waals surface area contributed by atoms with Crippen molar-refractivity contribution in [3.63, 3.8) is 0 Å². The van der Waals surface area contributed by atoms with Gasteiger partial charge in [0.25, 0.3) is 5.91 Å². The molecule has 0 fully saturated rings. The average Bonchev–Trinajstić information content (AvgIpc) is 2.64. The van der Waals surface area contributed by atoms with Crippen LogP contribution in [0, 0.1) is 0 Å². The Morgan fingerprint density at radius 2 is 1.75 bits per heavy atom. The van der Waals surface area contributed by atoms with Crippen molar-refractivity contribution < 1.29 is 31.1 Å². The van der Waals surface area contributed by atoms with E-state index >= 15 is 0 Å². The van der Waals surface area contributed by atoms with Crippen molar-refractivity contribution in [1.29, 1.82) is 0 Å². The van der Waals surface area contributed by atoms with Crippen LogP contribution in [-0.4, -0.2) is 45.9 Å². The maximum Gasteiger partial charge on any atom is 0.416 e. The second-order valence-electron chi connectivity index (χ2n) is 5.94. The van der Waals surface area contributed by atoms with Crippen molar-refractivity contribution in [2.75, 3.05) is 27.2 Å². The highest BCUT2D eigenvalue weighted by molar-refractivity contribution is 7.89. The Morgan fingerprint density at radius 3 is 2.32 bits per heavy atom. The Morgan fingerprint density at radius 1 is 1.11 bits per heavy atom. The average molecular weight is 416 g/mol. The van der Waals surface area contributed by atoms with Crippen LogP contribution in [0.3, 0.4) is 0 Å². The lowest BCUT2D eigenvalue weighted by atomic mass is 10.2. The largest absolute Gasteiger partial charge is 0.492 e. The van der Waals surface area contributed by atoms with Gasteiger partial charge in [-0.05, 0) is 42.5 Å². The molecular weight excluding hydrogens is 397 g/mol. The summed E-state index contributed by atoms with van der Waals surface area (Å²) >= 11 is 0. The maximum atomic E-state index is 12.6. The number of nitrogens with zero attached hydrogens (tertiary/aromatic N) is 1. The van der Waals surface area contributed by atoms with Crippen molar-refractivity contribution in [1.82, 2.24) is 9.62 Å². The van der Waals surface area contributed by atoms with Crippen LogP contribution in [0.25, 0.3) is 0 Å². The second kappa shape index (κ2) is 8.61. The van der Waals surface area contributed by atoms with E-state index in [4.69, 9.17) is 4.74 Å². The number of carbonyl (C=O) groups excluding carboxylic acids is 1. The normalized spacial score (nSPS) is 12.1. The van der Waals surface area contributed by atoms with Gasteiger partial charge in [0.1, 0.15) is 12.4 Å². The molecule has 0 aliphatic rings. The molecule has 1 N–H and O–H groups in total. The second-order valence-corrected chi connectivity index (χ2v) is 8.09.